The van der Waals surface area contributed by atoms with Gasteiger partial charge < -0.3 is 5.73 Å². The van der Waals surface area contributed by atoms with E-state index in [1.54, 1.807) is 0 Å². The Morgan fingerprint density at radius 1 is 1.25 bits per heavy atom. The minimum absolute atomic E-state index is 0. The van der Waals surface area contributed by atoms with Gasteiger partial charge in [0.1, 0.15) is 0 Å². The lowest BCUT2D eigenvalue weighted by molar-refractivity contribution is 0.1000. The lowest BCUT2D eigenvalue weighted by Crippen LogP contribution is -2.11. The van der Waals surface area contributed by atoms with Crippen molar-refractivity contribution in [2.75, 3.05) is 0 Å². The van der Waals surface area contributed by atoms with Gasteiger partial charge in [-0.3, -0.25) is 4.79 Å². The minimum Gasteiger partial charge on any atom is -0.366 e. The molecule has 0 atom stereocenters. The summed E-state index contributed by atoms with van der Waals surface area (Å²) in [5.74, 6) is -2.83. The highest BCUT2D eigenvalue weighted by atomic mass is 35.5. The summed E-state index contributed by atoms with van der Waals surface area (Å²) >= 11 is 0. The van der Waals surface area contributed by atoms with Crippen LogP contribution >= 0.6 is 12.4 Å². The number of carbonyl (C=O) groups is 1. The highest BCUT2D eigenvalue weighted by Crippen LogP contribution is 2.07. The number of primary amides is 1. The quantitative estimate of drug-likeness (QED) is 0.722. The van der Waals surface area contributed by atoms with Gasteiger partial charge in [-0.2, -0.15) is 0 Å². The van der Waals surface area contributed by atoms with Crippen molar-refractivity contribution in [1.82, 2.24) is 0 Å². The van der Waals surface area contributed by atoms with E-state index in [4.69, 9.17) is 5.73 Å². The zero-order valence-corrected chi connectivity index (χ0v) is 6.70. The first-order valence-corrected chi connectivity index (χ1v) is 2.86. The van der Waals surface area contributed by atoms with Crippen LogP contribution < -0.4 is 5.73 Å². The molecular formula is C7H6ClF2NO. The summed E-state index contributed by atoms with van der Waals surface area (Å²) in [7, 11) is 0. The first-order chi connectivity index (χ1) is 5.11. The van der Waals surface area contributed by atoms with Crippen LogP contribution in [0.4, 0.5) is 8.78 Å². The Bertz CT molecular complexity index is 303. The fourth-order valence-corrected chi connectivity index (χ4v) is 0.649. The number of amides is 1. The Kier molecular flexibility index (Phi) is 3.63. The lowest BCUT2D eigenvalue weighted by Gasteiger charge is -1.94. The van der Waals surface area contributed by atoms with E-state index in [2.05, 4.69) is 0 Å². The van der Waals surface area contributed by atoms with Gasteiger partial charge in [0.05, 0.1) is 0 Å². The van der Waals surface area contributed by atoms with E-state index in [0.717, 1.165) is 18.2 Å². The maximum absolute atomic E-state index is 12.4. The van der Waals surface area contributed by atoms with Crippen molar-refractivity contribution in [3.63, 3.8) is 0 Å². The van der Waals surface area contributed by atoms with Crippen molar-refractivity contribution in [3.05, 3.63) is 35.4 Å². The first kappa shape index (κ1) is 10.8. The van der Waals surface area contributed by atoms with Gasteiger partial charge >= 0.3 is 0 Å². The van der Waals surface area contributed by atoms with E-state index < -0.39 is 17.5 Å². The number of halogens is 3. The molecule has 12 heavy (non-hydrogen) atoms. The second-order valence-electron chi connectivity index (χ2n) is 1.99. The van der Waals surface area contributed by atoms with Crippen LogP contribution in [-0.4, -0.2) is 5.91 Å². The smallest absolute Gasteiger partial charge is 0.248 e. The van der Waals surface area contributed by atoms with E-state index >= 15 is 0 Å². The van der Waals surface area contributed by atoms with Crippen LogP contribution in [0.3, 0.4) is 0 Å². The van der Waals surface area contributed by atoms with Gasteiger partial charge in [-0.15, -0.1) is 12.4 Å². The molecule has 0 aliphatic carbocycles. The Morgan fingerprint density at radius 3 is 2.25 bits per heavy atom. The Morgan fingerprint density at radius 2 is 1.83 bits per heavy atom. The fourth-order valence-electron chi connectivity index (χ4n) is 0.649. The predicted molar refractivity (Wildman–Crippen MR) is 42.1 cm³/mol. The molecule has 0 aliphatic heterocycles. The summed E-state index contributed by atoms with van der Waals surface area (Å²) in [6.45, 7) is 0. The van der Waals surface area contributed by atoms with Gasteiger partial charge in [0.15, 0.2) is 11.6 Å². The third kappa shape index (κ3) is 2.17. The average molecular weight is 194 g/mol. The molecule has 2 N–H and O–H groups in total. The highest BCUT2D eigenvalue weighted by Gasteiger charge is 2.05. The number of carbonyl (C=O) groups excluding carboxylic acids is 1. The highest BCUT2D eigenvalue weighted by molar-refractivity contribution is 5.92. The Hall–Kier alpha value is -1.16. The summed E-state index contributed by atoms with van der Waals surface area (Å²) in [5, 5.41) is 0. The van der Waals surface area contributed by atoms with Crippen LogP contribution in [0.15, 0.2) is 18.2 Å². The largest absolute Gasteiger partial charge is 0.366 e. The average Bonchev–Trinajstić information content (AvgIpc) is 1.94. The fraction of sp³-hybridized carbons (Fsp3) is 0. The van der Waals surface area contributed by atoms with Gasteiger partial charge in [0, 0.05) is 5.56 Å². The summed E-state index contributed by atoms with van der Waals surface area (Å²) in [5.41, 5.74) is 4.77. The van der Waals surface area contributed by atoms with E-state index in [1.165, 1.54) is 0 Å². The zero-order chi connectivity index (χ0) is 8.43. The van der Waals surface area contributed by atoms with E-state index in [1.807, 2.05) is 0 Å². The third-order valence-corrected chi connectivity index (χ3v) is 1.20. The van der Waals surface area contributed by atoms with Crippen molar-refractivity contribution < 1.29 is 13.6 Å². The summed E-state index contributed by atoms with van der Waals surface area (Å²) in [6, 6.07) is 2.74. The van der Waals surface area contributed by atoms with Gasteiger partial charge in [0.2, 0.25) is 5.91 Å². The third-order valence-electron chi connectivity index (χ3n) is 1.20. The number of rotatable bonds is 1. The van der Waals surface area contributed by atoms with Crippen LogP contribution in [0.25, 0.3) is 0 Å². The molecule has 0 bridgehead atoms. The SMILES string of the molecule is Cl.NC(=O)c1ccc(F)c(F)c1. The molecule has 0 fully saturated rings. The van der Waals surface area contributed by atoms with E-state index in [0.29, 0.717) is 0 Å². The van der Waals surface area contributed by atoms with Gasteiger partial charge in [-0.25, -0.2) is 8.78 Å². The molecule has 0 unspecified atom stereocenters. The maximum atomic E-state index is 12.4. The topological polar surface area (TPSA) is 43.1 Å². The number of benzene rings is 1. The second-order valence-corrected chi connectivity index (χ2v) is 1.99. The van der Waals surface area contributed by atoms with Crippen molar-refractivity contribution in [3.8, 4) is 0 Å². The summed E-state index contributed by atoms with van der Waals surface area (Å²) in [4.78, 5) is 10.4. The molecule has 0 aromatic heterocycles. The molecule has 1 amide bonds. The number of nitrogens with two attached hydrogens (primary N) is 1. The second kappa shape index (κ2) is 4.01. The molecule has 1 aromatic rings. The Labute approximate surface area is 73.8 Å². The number of hydrogen-bond donors (Lipinski definition) is 1. The summed E-state index contributed by atoms with van der Waals surface area (Å²) < 4.78 is 24.6. The standard InChI is InChI=1S/C7H5F2NO.ClH/c8-5-2-1-4(7(10)11)3-6(5)9;/h1-3H,(H2,10,11);1H. The molecule has 1 rings (SSSR count). The van der Waals surface area contributed by atoms with E-state index in [9.17, 15) is 13.6 Å². The number of hydrogen-bond acceptors (Lipinski definition) is 1. The molecule has 0 heterocycles. The maximum Gasteiger partial charge on any atom is 0.248 e. The molecule has 66 valence electrons. The van der Waals surface area contributed by atoms with E-state index in [-0.39, 0.29) is 18.0 Å². The van der Waals surface area contributed by atoms with Crippen LogP contribution in [-0.2, 0) is 0 Å². The molecule has 0 spiro atoms. The molecule has 1 aromatic carbocycles. The van der Waals surface area contributed by atoms with Gasteiger partial charge in [-0.05, 0) is 18.2 Å². The van der Waals surface area contributed by atoms with Gasteiger partial charge in [0.25, 0.3) is 0 Å². The van der Waals surface area contributed by atoms with Crippen LogP contribution in [0.2, 0.25) is 0 Å². The monoisotopic (exact) mass is 193 g/mol. The van der Waals surface area contributed by atoms with Crippen LogP contribution in [0, 0.1) is 11.6 Å². The van der Waals surface area contributed by atoms with Gasteiger partial charge in [-0.1, -0.05) is 0 Å². The minimum atomic E-state index is -1.07. The first-order valence-electron chi connectivity index (χ1n) is 2.86. The van der Waals surface area contributed by atoms with Crippen molar-refractivity contribution in [2.24, 2.45) is 5.73 Å². The van der Waals surface area contributed by atoms with Crippen molar-refractivity contribution in [1.29, 1.82) is 0 Å². The molecule has 5 heteroatoms. The molecule has 0 saturated heterocycles. The zero-order valence-electron chi connectivity index (χ0n) is 5.88. The molecule has 0 saturated carbocycles. The summed E-state index contributed by atoms with van der Waals surface area (Å²) in [6.07, 6.45) is 0. The molecular weight excluding hydrogens is 188 g/mol. The van der Waals surface area contributed by atoms with Crippen LogP contribution in [0.5, 0.6) is 0 Å². The molecule has 2 nitrogen and oxygen atoms in total. The lowest BCUT2D eigenvalue weighted by atomic mass is 10.2. The van der Waals surface area contributed by atoms with Crippen molar-refractivity contribution in [2.45, 2.75) is 0 Å². The van der Waals surface area contributed by atoms with Crippen molar-refractivity contribution >= 4 is 18.3 Å². The van der Waals surface area contributed by atoms with Crippen LogP contribution in [0.1, 0.15) is 10.4 Å². The Balaban J connectivity index is 0.00000121. The normalized spacial score (nSPS) is 8.83. The molecule has 0 aliphatic rings. The molecule has 0 radical (unpaired) electrons. The predicted octanol–water partition coefficient (Wildman–Crippen LogP) is 1.49.